The van der Waals surface area contributed by atoms with Crippen LogP contribution in [0, 0.1) is 0 Å². The van der Waals surface area contributed by atoms with Crippen LogP contribution in [0.15, 0.2) is 48.5 Å². The van der Waals surface area contributed by atoms with Gasteiger partial charge in [0.25, 0.3) is 5.91 Å². The smallest absolute Gasteiger partial charge is 0.257 e. The zero-order chi connectivity index (χ0) is 15.5. The first kappa shape index (κ1) is 14.8. The van der Waals surface area contributed by atoms with Crippen LogP contribution in [0.3, 0.4) is 0 Å². The van der Waals surface area contributed by atoms with Gasteiger partial charge in [-0.15, -0.1) is 0 Å². The minimum Gasteiger partial charge on any atom is -0.306 e. The third-order valence-corrected chi connectivity index (χ3v) is 4.51. The molecular formula is C15H12N2O3S2. The number of benzene rings is 2. The maximum absolute atomic E-state index is 12.1. The van der Waals surface area contributed by atoms with Crippen LogP contribution in [0.4, 0.5) is 5.13 Å². The fourth-order valence-electron chi connectivity index (χ4n) is 2.01. The Labute approximate surface area is 133 Å². The number of carbonyl (C=O) groups excluding carboxylic acids is 1. The van der Waals surface area contributed by atoms with E-state index in [1.54, 1.807) is 36.4 Å². The van der Waals surface area contributed by atoms with E-state index in [1.165, 1.54) is 11.3 Å². The van der Waals surface area contributed by atoms with Crippen molar-refractivity contribution in [3.8, 4) is 0 Å². The minimum absolute atomic E-state index is 0.0829. The second-order valence-electron chi connectivity index (χ2n) is 4.61. The standard InChI is InChI=1S/C15H12N2O3S2/c18-14(11-4-2-1-3-5-11)17-15-16-12-7-6-10(9-22(19)20)8-13(12)21-15/h1-8H,9H2,(H,19,20)(H,16,17,18). The number of hydrogen-bond donors (Lipinski definition) is 2. The van der Waals surface area contributed by atoms with Crippen molar-refractivity contribution < 1.29 is 13.6 Å². The maximum atomic E-state index is 12.1. The SMILES string of the molecule is O=C(Nc1nc2ccc(CS(=O)O)cc2s1)c1ccccc1. The molecule has 0 fully saturated rings. The molecular weight excluding hydrogens is 320 g/mol. The average molecular weight is 332 g/mol. The highest BCUT2D eigenvalue weighted by atomic mass is 32.2. The highest BCUT2D eigenvalue weighted by Gasteiger charge is 2.10. The Morgan fingerprint density at radius 2 is 2.00 bits per heavy atom. The Bertz CT molecular complexity index is 846. The average Bonchev–Trinajstić information content (AvgIpc) is 2.89. The zero-order valence-corrected chi connectivity index (χ0v) is 13.0. The molecule has 0 radical (unpaired) electrons. The number of anilines is 1. The summed E-state index contributed by atoms with van der Waals surface area (Å²) < 4.78 is 20.7. The van der Waals surface area contributed by atoms with E-state index in [0.29, 0.717) is 10.7 Å². The lowest BCUT2D eigenvalue weighted by molar-refractivity contribution is 0.102. The van der Waals surface area contributed by atoms with Gasteiger partial charge >= 0.3 is 0 Å². The molecule has 0 saturated carbocycles. The molecule has 0 spiro atoms. The van der Waals surface area contributed by atoms with E-state index in [1.807, 2.05) is 12.1 Å². The summed E-state index contributed by atoms with van der Waals surface area (Å²) in [7, 11) is 0. The van der Waals surface area contributed by atoms with Gasteiger partial charge in [0.2, 0.25) is 0 Å². The van der Waals surface area contributed by atoms with Gasteiger partial charge in [0.1, 0.15) is 0 Å². The van der Waals surface area contributed by atoms with Crippen LogP contribution in [0.1, 0.15) is 15.9 Å². The highest BCUT2D eigenvalue weighted by Crippen LogP contribution is 2.27. The molecule has 2 N–H and O–H groups in total. The monoisotopic (exact) mass is 332 g/mol. The van der Waals surface area contributed by atoms with Gasteiger partial charge in [0.05, 0.1) is 16.0 Å². The van der Waals surface area contributed by atoms with Gasteiger partial charge in [0.15, 0.2) is 16.2 Å². The summed E-state index contributed by atoms with van der Waals surface area (Å²) in [6, 6.07) is 14.3. The lowest BCUT2D eigenvalue weighted by Gasteiger charge is -2.00. The molecule has 1 amide bonds. The van der Waals surface area contributed by atoms with Crippen molar-refractivity contribution in [2.24, 2.45) is 0 Å². The Morgan fingerprint density at radius 1 is 1.23 bits per heavy atom. The number of carbonyl (C=O) groups is 1. The first-order valence-corrected chi connectivity index (χ1v) is 8.54. The van der Waals surface area contributed by atoms with Crippen LogP contribution in [-0.4, -0.2) is 19.7 Å². The molecule has 0 aliphatic carbocycles. The second-order valence-corrected chi connectivity index (χ2v) is 6.57. The van der Waals surface area contributed by atoms with E-state index >= 15 is 0 Å². The molecule has 0 saturated heterocycles. The predicted molar refractivity (Wildman–Crippen MR) is 88.5 cm³/mol. The summed E-state index contributed by atoms with van der Waals surface area (Å²) in [5.74, 6) is -0.129. The summed E-state index contributed by atoms with van der Waals surface area (Å²) >= 11 is -0.534. The number of thiazole rings is 1. The quantitative estimate of drug-likeness (QED) is 0.719. The third-order valence-electron chi connectivity index (χ3n) is 3.00. The van der Waals surface area contributed by atoms with Gasteiger partial charge < -0.3 is 4.55 Å². The van der Waals surface area contributed by atoms with E-state index < -0.39 is 11.1 Å². The molecule has 5 nitrogen and oxygen atoms in total. The van der Waals surface area contributed by atoms with Crippen molar-refractivity contribution in [3.05, 3.63) is 59.7 Å². The number of hydrogen-bond acceptors (Lipinski definition) is 4. The largest absolute Gasteiger partial charge is 0.306 e. The van der Waals surface area contributed by atoms with Crippen LogP contribution in [0.25, 0.3) is 10.2 Å². The summed E-state index contributed by atoms with van der Waals surface area (Å²) in [6.45, 7) is 0. The molecule has 112 valence electrons. The van der Waals surface area contributed by atoms with Crippen molar-refractivity contribution in [2.45, 2.75) is 5.75 Å². The number of aromatic nitrogens is 1. The maximum Gasteiger partial charge on any atom is 0.257 e. The van der Waals surface area contributed by atoms with E-state index in [4.69, 9.17) is 4.55 Å². The first-order valence-electron chi connectivity index (χ1n) is 6.45. The lowest BCUT2D eigenvalue weighted by Crippen LogP contribution is -2.11. The van der Waals surface area contributed by atoms with Gasteiger partial charge in [0, 0.05) is 5.56 Å². The first-order chi connectivity index (χ1) is 10.6. The molecule has 3 rings (SSSR count). The van der Waals surface area contributed by atoms with Crippen molar-refractivity contribution in [3.63, 3.8) is 0 Å². The van der Waals surface area contributed by atoms with Gasteiger partial charge in [-0.2, -0.15) is 0 Å². The number of amides is 1. The summed E-state index contributed by atoms with van der Waals surface area (Å²) in [5.41, 5.74) is 2.08. The lowest BCUT2D eigenvalue weighted by atomic mass is 10.2. The number of nitrogens with zero attached hydrogens (tertiary/aromatic N) is 1. The summed E-state index contributed by atoms with van der Waals surface area (Å²) in [4.78, 5) is 16.4. The predicted octanol–water partition coefficient (Wildman–Crippen LogP) is 3.27. The van der Waals surface area contributed by atoms with Gasteiger partial charge in [-0.3, -0.25) is 10.1 Å². The van der Waals surface area contributed by atoms with Gasteiger partial charge in [-0.05, 0) is 29.8 Å². The van der Waals surface area contributed by atoms with Gasteiger partial charge in [-0.1, -0.05) is 35.6 Å². The summed E-state index contributed by atoms with van der Waals surface area (Å²) in [6.07, 6.45) is 0. The van der Waals surface area contributed by atoms with Crippen LogP contribution >= 0.6 is 11.3 Å². The zero-order valence-electron chi connectivity index (χ0n) is 11.4. The van der Waals surface area contributed by atoms with Crippen molar-refractivity contribution >= 4 is 43.7 Å². The van der Waals surface area contributed by atoms with Crippen molar-refractivity contribution in [1.82, 2.24) is 4.98 Å². The van der Waals surface area contributed by atoms with Crippen LogP contribution in [-0.2, 0) is 16.8 Å². The number of fused-ring (bicyclic) bond motifs is 1. The van der Waals surface area contributed by atoms with E-state index in [9.17, 15) is 9.00 Å². The minimum atomic E-state index is -1.87. The fourth-order valence-corrected chi connectivity index (χ4v) is 3.40. The molecule has 22 heavy (non-hydrogen) atoms. The Balaban J connectivity index is 1.83. The van der Waals surface area contributed by atoms with Gasteiger partial charge in [-0.25, -0.2) is 9.19 Å². The normalized spacial score (nSPS) is 12.2. The van der Waals surface area contributed by atoms with Crippen molar-refractivity contribution in [1.29, 1.82) is 0 Å². The molecule has 0 aliphatic heterocycles. The third kappa shape index (κ3) is 3.38. The molecule has 2 aromatic carbocycles. The second kappa shape index (κ2) is 6.35. The van der Waals surface area contributed by atoms with Crippen LogP contribution < -0.4 is 5.32 Å². The highest BCUT2D eigenvalue weighted by molar-refractivity contribution is 7.78. The Kier molecular flexibility index (Phi) is 4.28. The summed E-state index contributed by atoms with van der Waals surface area (Å²) in [5, 5.41) is 3.27. The van der Waals surface area contributed by atoms with Crippen LogP contribution in [0.2, 0.25) is 0 Å². The Morgan fingerprint density at radius 3 is 2.73 bits per heavy atom. The van der Waals surface area contributed by atoms with E-state index in [2.05, 4.69) is 10.3 Å². The van der Waals surface area contributed by atoms with E-state index in [-0.39, 0.29) is 11.7 Å². The molecule has 1 aromatic heterocycles. The molecule has 0 bridgehead atoms. The molecule has 1 unspecified atom stereocenters. The Hall–Kier alpha value is -2.09. The number of nitrogens with one attached hydrogen (secondary N) is 1. The van der Waals surface area contributed by atoms with E-state index in [0.717, 1.165) is 15.8 Å². The molecule has 0 aliphatic rings. The molecule has 1 heterocycles. The number of rotatable bonds is 4. The molecule has 3 aromatic rings. The van der Waals surface area contributed by atoms with Crippen molar-refractivity contribution in [2.75, 3.05) is 5.32 Å². The topological polar surface area (TPSA) is 79.3 Å². The molecule has 7 heteroatoms. The molecule has 1 atom stereocenters. The fraction of sp³-hybridized carbons (Fsp3) is 0.0667. The van der Waals surface area contributed by atoms with Crippen LogP contribution in [0.5, 0.6) is 0 Å².